The molecule has 0 saturated heterocycles. The monoisotopic (exact) mass is 349 g/mol. The molecule has 0 spiro atoms. The summed E-state index contributed by atoms with van der Waals surface area (Å²) in [5.41, 5.74) is -0.618. The zero-order valence-electron chi connectivity index (χ0n) is 12.2. The summed E-state index contributed by atoms with van der Waals surface area (Å²) >= 11 is 5.75. The van der Waals surface area contributed by atoms with Crippen LogP contribution >= 0.6 is 11.6 Å². The summed E-state index contributed by atoms with van der Waals surface area (Å²) < 4.78 is 32.2. The molecule has 0 aromatic heterocycles. The van der Waals surface area contributed by atoms with E-state index in [9.17, 15) is 18.6 Å². The molecule has 1 fully saturated rings. The fourth-order valence-electron chi connectivity index (χ4n) is 2.81. The van der Waals surface area contributed by atoms with Gasteiger partial charge in [-0.1, -0.05) is 11.6 Å². The third-order valence-electron chi connectivity index (χ3n) is 3.94. The van der Waals surface area contributed by atoms with Crippen molar-refractivity contribution in [3.63, 3.8) is 0 Å². The van der Waals surface area contributed by atoms with Gasteiger partial charge in [0.15, 0.2) is 0 Å². The molecule has 3 N–H and O–H groups in total. The second-order valence-electron chi connectivity index (χ2n) is 5.75. The van der Waals surface area contributed by atoms with Crippen molar-refractivity contribution in [2.24, 2.45) is 5.41 Å². The van der Waals surface area contributed by atoms with E-state index in [4.69, 9.17) is 16.3 Å². The average molecular weight is 350 g/mol. The molecule has 0 heterocycles. The van der Waals surface area contributed by atoms with E-state index < -0.39 is 27.6 Å². The Balaban J connectivity index is 2.10. The first-order valence-corrected chi connectivity index (χ1v) is 8.74. The van der Waals surface area contributed by atoms with Crippen LogP contribution in [0.4, 0.5) is 0 Å². The van der Waals surface area contributed by atoms with Crippen molar-refractivity contribution in [1.82, 2.24) is 4.72 Å². The molecule has 1 aliphatic carbocycles. The maximum Gasteiger partial charge on any atom is 0.240 e. The highest BCUT2D eigenvalue weighted by atomic mass is 35.5. The minimum atomic E-state index is -3.68. The number of nitrogens with one attached hydrogen (secondary N) is 1. The molecule has 0 bridgehead atoms. The number of benzene rings is 1. The normalized spacial score (nSPS) is 28.9. The molecule has 0 aliphatic heterocycles. The van der Waals surface area contributed by atoms with Crippen molar-refractivity contribution >= 4 is 21.6 Å². The van der Waals surface area contributed by atoms with Crippen LogP contribution in [0.1, 0.15) is 12.8 Å². The molecule has 1 aromatic carbocycles. The maximum absolute atomic E-state index is 12.3. The summed E-state index contributed by atoms with van der Waals surface area (Å²) in [5, 5.41) is 19.9. The second-order valence-corrected chi connectivity index (χ2v) is 7.96. The largest absolute Gasteiger partial charge is 0.390 e. The SMILES string of the molecule is COCC1(CNS(=O)(=O)c2ccc(Cl)cc2)C[C@@H](O)[C@@H](O)C1. The Hall–Kier alpha value is -0.700. The first-order valence-electron chi connectivity index (χ1n) is 6.88. The van der Waals surface area contributed by atoms with Crippen molar-refractivity contribution in [1.29, 1.82) is 0 Å². The second kappa shape index (κ2) is 6.82. The number of rotatable bonds is 6. The van der Waals surface area contributed by atoms with Gasteiger partial charge in [-0.25, -0.2) is 13.1 Å². The van der Waals surface area contributed by atoms with Crippen LogP contribution in [-0.4, -0.2) is 51.1 Å². The van der Waals surface area contributed by atoms with E-state index in [0.29, 0.717) is 5.02 Å². The number of methoxy groups -OCH3 is 1. The molecule has 1 aromatic rings. The van der Waals surface area contributed by atoms with Gasteiger partial charge in [-0.05, 0) is 37.1 Å². The standard InChI is InChI=1S/C14H20ClNO5S/c1-21-9-14(6-12(17)13(18)7-14)8-16-22(19,20)11-4-2-10(15)3-5-11/h2-5,12-13,16-18H,6-9H2,1H3/t12-,13+,14?. The van der Waals surface area contributed by atoms with Crippen LogP contribution in [0.15, 0.2) is 29.2 Å². The van der Waals surface area contributed by atoms with Crippen LogP contribution in [0.5, 0.6) is 0 Å². The van der Waals surface area contributed by atoms with Gasteiger partial charge in [0, 0.05) is 24.1 Å². The van der Waals surface area contributed by atoms with Crippen LogP contribution in [0.2, 0.25) is 5.02 Å². The fourth-order valence-corrected chi connectivity index (χ4v) is 4.09. The Labute approximate surface area is 135 Å². The molecule has 124 valence electrons. The summed E-state index contributed by atoms with van der Waals surface area (Å²) in [6, 6.07) is 5.85. The molecule has 1 unspecified atom stereocenters. The highest BCUT2D eigenvalue weighted by Gasteiger charge is 2.44. The van der Waals surface area contributed by atoms with Crippen molar-refractivity contribution in [3.05, 3.63) is 29.3 Å². The summed E-state index contributed by atoms with van der Waals surface area (Å²) in [6.07, 6.45) is -1.17. The van der Waals surface area contributed by atoms with E-state index in [-0.39, 0.29) is 30.9 Å². The van der Waals surface area contributed by atoms with E-state index in [0.717, 1.165) is 0 Å². The van der Waals surface area contributed by atoms with Crippen molar-refractivity contribution in [3.8, 4) is 0 Å². The molecule has 6 nitrogen and oxygen atoms in total. The summed E-state index contributed by atoms with van der Waals surface area (Å²) in [7, 11) is -2.18. The van der Waals surface area contributed by atoms with Gasteiger partial charge in [-0.15, -0.1) is 0 Å². The third kappa shape index (κ3) is 3.98. The smallest absolute Gasteiger partial charge is 0.240 e. The summed E-state index contributed by atoms with van der Waals surface area (Å²) in [5.74, 6) is 0. The van der Waals surface area contributed by atoms with Gasteiger partial charge in [0.05, 0.1) is 23.7 Å². The van der Waals surface area contributed by atoms with Gasteiger partial charge in [0.1, 0.15) is 0 Å². The Morgan fingerprint density at radius 2 is 1.82 bits per heavy atom. The Morgan fingerprint density at radius 1 is 1.27 bits per heavy atom. The van der Waals surface area contributed by atoms with Crippen molar-refractivity contribution in [2.75, 3.05) is 20.3 Å². The molecular weight excluding hydrogens is 330 g/mol. The Morgan fingerprint density at radius 3 is 2.32 bits per heavy atom. The van der Waals surface area contributed by atoms with Gasteiger partial charge in [-0.2, -0.15) is 0 Å². The van der Waals surface area contributed by atoms with Gasteiger partial charge >= 0.3 is 0 Å². The highest BCUT2D eigenvalue weighted by molar-refractivity contribution is 7.89. The Bertz CT molecular complexity index is 594. The molecule has 0 amide bonds. The van der Waals surface area contributed by atoms with Crippen LogP contribution < -0.4 is 4.72 Å². The molecule has 1 saturated carbocycles. The molecule has 8 heteroatoms. The molecule has 0 radical (unpaired) electrons. The number of sulfonamides is 1. The van der Waals surface area contributed by atoms with E-state index in [1.165, 1.54) is 31.4 Å². The van der Waals surface area contributed by atoms with Gasteiger partial charge in [0.25, 0.3) is 0 Å². The predicted molar refractivity (Wildman–Crippen MR) is 82.2 cm³/mol. The average Bonchev–Trinajstić information content (AvgIpc) is 2.73. The Kier molecular flexibility index (Phi) is 5.47. The van der Waals surface area contributed by atoms with Crippen molar-refractivity contribution in [2.45, 2.75) is 29.9 Å². The lowest BCUT2D eigenvalue weighted by atomic mass is 9.87. The maximum atomic E-state index is 12.3. The number of halogens is 1. The van der Waals surface area contributed by atoms with Crippen LogP contribution in [0.3, 0.4) is 0 Å². The lowest BCUT2D eigenvalue weighted by Gasteiger charge is -2.28. The molecular formula is C14H20ClNO5S. The zero-order chi connectivity index (χ0) is 16.4. The highest BCUT2D eigenvalue weighted by Crippen LogP contribution is 2.38. The number of aliphatic hydroxyl groups is 2. The van der Waals surface area contributed by atoms with Crippen molar-refractivity contribution < 1.29 is 23.4 Å². The number of aliphatic hydroxyl groups excluding tert-OH is 2. The predicted octanol–water partition coefficient (Wildman–Crippen LogP) is 0.767. The minimum Gasteiger partial charge on any atom is -0.390 e. The summed E-state index contributed by atoms with van der Waals surface area (Å²) in [4.78, 5) is 0.114. The van der Waals surface area contributed by atoms with E-state index in [1.807, 2.05) is 0 Å². The first kappa shape index (κ1) is 17.7. The van der Waals surface area contributed by atoms with Gasteiger partial charge < -0.3 is 14.9 Å². The van der Waals surface area contributed by atoms with E-state index in [1.54, 1.807) is 0 Å². The number of hydrogen-bond acceptors (Lipinski definition) is 5. The van der Waals surface area contributed by atoms with E-state index >= 15 is 0 Å². The molecule has 22 heavy (non-hydrogen) atoms. The fraction of sp³-hybridized carbons (Fsp3) is 0.571. The van der Waals surface area contributed by atoms with Gasteiger partial charge in [0.2, 0.25) is 10.0 Å². The number of ether oxygens (including phenoxy) is 1. The lowest BCUT2D eigenvalue weighted by molar-refractivity contribution is 0.0438. The van der Waals surface area contributed by atoms with Gasteiger partial charge in [-0.3, -0.25) is 0 Å². The van der Waals surface area contributed by atoms with E-state index in [2.05, 4.69) is 4.72 Å². The third-order valence-corrected chi connectivity index (χ3v) is 5.61. The molecule has 3 atom stereocenters. The topological polar surface area (TPSA) is 95.9 Å². The molecule has 1 aliphatic rings. The first-order chi connectivity index (χ1) is 10.3. The van der Waals surface area contributed by atoms with Crippen LogP contribution in [0, 0.1) is 5.41 Å². The van der Waals surface area contributed by atoms with Crippen LogP contribution in [0.25, 0.3) is 0 Å². The number of hydrogen-bond donors (Lipinski definition) is 3. The minimum absolute atomic E-state index is 0.0833. The zero-order valence-corrected chi connectivity index (χ0v) is 13.8. The molecule has 2 rings (SSSR count). The summed E-state index contributed by atoms with van der Waals surface area (Å²) in [6.45, 7) is 0.337. The lowest BCUT2D eigenvalue weighted by Crippen LogP contribution is -2.39. The quantitative estimate of drug-likeness (QED) is 0.705. The van der Waals surface area contributed by atoms with Crippen LogP contribution in [-0.2, 0) is 14.8 Å².